The number of nitrogens with zero attached hydrogens (tertiary/aromatic N) is 3. The molecular weight excluding hydrogens is 390 g/mol. The van der Waals surface area contributed by atoms with Crippen LogP contribution >= 0.6 is 11.6 Å². The van der Waals surface area contributed by atoms with E-state index >= 15 is 0 Å². The summed E-state index contributed by atoms with van der Waals surface area (Å²) in [4.78, 5) is 13.4. The number of hydrogen-bond acceptors (Lipinski definition) is 5. The van der Waals surface area contributed by atoms with Crippen LogP contribution < -0.4 is 15.8 Å². The fourth-order valence-corrected chi connectivity index (χ4v) is 4.27. The van der Waals surface area contributed by atoms with Crippen LogP contribution in [-0.2, 0) is 10.2 Å². The number of para-hydroxylation sites is 1. The molecule has 0 aliphatic carbocycles. The summed E-state index contributed by atoms with van der Waals surface area (Å²) in [6, 6.07) is 16.4. The number of carbonyl (C=O) groups excluding carboxylic acids is 1. The monoisotopic (exact) mass is 403 g/mol. The third-order valence-corrected chi connectivity index (χ3v) is 5.58. The molecule has 3 N–H and O–H groups in total. The van der Waals surface area contributed by atoms with Gasteiger partial charge in [0.2, 0.25) is 17.7 Å². The molecule has 5 rings (SSSR count). The topological polar surface area (TPSA) is 106 Å². The van der Waals surface area contributed by atoms with Crippen LogP contribution in [0.4, 0.5) is 5.69 Å². The smallest absolute Gasteiger partial charge is 0.245 e. The summed E-state index contributed by atoms with van der Waals surface area (Å²) < 4.78 is 7.41. The highest BCUT2D eigenvalue weighted by molar-refractivity contribution is 6.30. The first-order chi connectivity index (χ1) is 14.0. The van der Waals surface area contributed by atoms with E-state index in [1.54, 1.807) is 41.9 Å². The van der Waals surface area contributed by atoms with Crippen molar-refractivity contribution in [3.8, 4) is 17.6 Å². The van der Waals surface area contributed by atoms with Gasteiger partial charge in [0.15, 0.2) is 0 Å². The van der Waals surface area contributed by atoms with E-state index in [4.69, 9.17) is 22.1 Å². The summed E-state index contributed by atoms with van der Waals surface area (Å²) in [6.45, 7) is 1.78. The van der Waals surface area contributed by atoms with Gasteiger partial charge in [-0.1, -0.05) is 29.8 Å². The number of nitrogens with one attached hydrogen (secondary N) is 1. The molecule has 7 nitrogen and oxygen atoms in total. The molecule has 1 aromatic heterocycles. The first kappa shape index (κ1) is 17.3. The number of carbonyl (C=O) groups is 1. The third kappa shape index (κ3) is 2.12. The fourth-order valence-electron chi connectivity index (χ4n) is 4.15. The van der Waals surface area contributed by atoms with Gasteiger partial charge < -0.3 is 15.8 Å². The Bertz CT molecular complexity index is 1270. The number of halogens is 1. The average Bonchev–Trinajstić information content (AvgIpc) is 3.18. The predicted molar refractivity (Wildman–Crippen MR) is 107 cm³/mol. The molecule has 2 aliphatic heterocycles. The molecule has 2 aromatic carbocycles. The van der Waals surface area contributed by atoms with Gasteiger partial charge in [-0.25, -0.2) is 4.68 Å². The summed E-state index contributed by atoms with van der Waals surface area (Å²) in [5.74, 6) is -0.184. The Morgan fingerprint density at radius 1 is 1.24 bits per heavy atom. The second-order valence-corrected chi connectivity index (χ2v) is 7.29. The second kappa shape index (κ2) is 5.87. The highest BCUT2D eigenvalue weighted by atomic mass is 35.5. The van der Waals surface area contributed by atoms with Crippen molar-refractivity contribution in [2.45, 2.75) is 12.3 Å². The highest BCUT2D eigenvalue weighted by Crippen LogP contribution is 2.54. The van der Waals surface area contributed by atoms with Gasteiger partial charge in [-0.05, 0) is 37.3 Å². The fraction of sp³-hybridized carbons (Fsp3) is 0.0952. The molecule has 1 atom stereocenters. The van der Waals surface area contributed by atoms with Gasteiger partial charge in [0, 0.05) is 16.3 Å². The van der Waals surface area contributed by atoms with Gasteiger partial charge in [0.25, 0.3) is 0 Å². The molecule has 8 heteroatoms. The van der Waals surface area contributed by atoms with Gasteiger partial charge in [0.1, 0.15) is 17.1 Å². The number of nitrogens with two attached hydrogens (primary N) is 1. The molecule has 3 aromatic rings. The molecule has 1 spiro atoms. The van der Waals surface area contributed by atoms with Gasteiger partial charge in [-0.3, -0.25) is 4.79 Å². The first-order valence-electron chi connectivity index (χ1n) is 8.83. The number of hydrogen-bond donors (Lipinski definition) is 2. The number of aromatic nitrogens is 2. The lowest BCUT2D eigenvalue weighted by atomic mass is 9.69. The molecule has 142 valence electrons. The molecule has 0 saturated heterocycles. The lowest BCUT2D eigenvalue weighted by Gasteiger charge is -2.32. The Labute approximate surface area is 171 Å². The average molecular weight is 404 g/mol. The Hall–Kier alpha value is -3.76. The standard InChI is InChI=1S/C21H14ClN5O2/c1-11-17-19(27(26-11)13-8-6-12(22)7-9-13)29-18(24)15(10-23)21(17)14-4-2-3-5-16(14)25-20(21)28/h2-9H,24H2,1H3,(H,25,28). The van der Waals surface area contributed by atoms with Crippen LogP contribution in [0, 0.1) is 18.3 Å². The van der Waals surface area contributed by atoms with Crippen LogP contribution in [0.15, 0.2) is 60.0 Å². The minimum Gasteiger partial charge on any atom is -0.422 e. The van der Waals surface area contributed by atoms with Crippen LogP contribution in [-0.4, -0.2) is 15.7 Å². The van der Waals surface area contributed by atoms with Crippen molar-refractivity contribution in [1.29, 1.82) is 5.26 Å². The molecule has 0 fully saturated rings. The van der Waals surface area contributed by atoms with Crippen LogP contribution in [0.5, 0.6) is 5.88 Å². The van der Waals surface area contributed by atoms with Crippen LogP contribution in [0.1, 0.15) is 16.8 Å². The molecule has 1 amide bonds. The number of benzene rings is 2. The van der Waals surface area contributed by atoms with Crippen molar-refractivity contribution in [3.63, 3.8) is 0 Å². The van der Waals surface area contributed by atoms with Crippen LogP contribution in [0.3, 0.4) is 0 Å². The summed E-state index contributed by atoms with van der Waals surface area (Å²) >= 11 is 6.01. The Kier molecular flexibility index (Phi) is 3.51. The van der Waals surface area contributed by atoms with E-state index in [0.717, 1.165) is 0 Å². The lowest BCUT2D eigenvalue weighted by molar-refractivity contribution is -0.118. The molecule has 0 bridgehead atoms. The number of fused-ring (bicyclic) bond motifs is 4. The van der Waals surface area contributed by atoms with E-state index in [1.807, 2.05) is 18.2 Å². The van der Waals surface area contributed by atoms with Gasteiger partial charge in [-0.15, -0.1) is 0 Å². The minimum atomic E-state index is -1.42. The largest absolute Gasteiger partial charge is 0.422 e. The zero-order chi connectivity index (χ0) is 20.3. The van der Waals surface area contributed by atoms with Gasteiger partial charge >= 0.3 is 0 Å². The SMILES string of the molecule is Cc1nn(-c2ccc(Cl)cc2)c2c1C1(C(=O)Nc3ccccc31)C(C#N)=C(N)O2. The third-order valence-electron chi connectivity index (χ3n) is 5.32. The van der Waals surface area contributed by atoms with Crippen molar-refractivity contribution in [3.05, 3.63) is 81.8 Å². The molecule has 0 saturated carbocycles. The van der Waals surface area contributed by atoms with E-state index in [-0.39, 0.29) is 17.4 Å². The maximum atomic E-state index is 13.4. The molecule has 2 aliphatic rings. The van der Waals surface area contributed by atoms with Crippen molar-refractivity contribution < 1.29 is 9.53 Å². The lowest BCUT2D eigenvalue weighted by Crippen LogP contribution is -2.42. The van der Waals surface area contributed by atoms with E-state index < -0.39 is 5.41 Å². The molecule has 29 heavy (non-hydrogen) atoms. The van der Waals surface area contributed by atoms with Crippen molar-refractivity contribution in [2.24, 2.45) is 5.73 Å². The molecule has 0 radical (unpaired) electrons. The predicted octanol–water partition coefficient (Wildman–Crippen LogP) is 3.16. The quantitative estimate of drug-likeness (QED) is 0.649. The van der Waals surface area contributed by atoms with E-state index in [9.17, 15) is 10.1 Å². The Morgan fingerprint density at radius 2 is 1.97 bits per heavy atom. The minimum absolute atomic E-state index is 0.0474. The number of rotatable bonds is 1. The van der Waals surface area contributed by atoms with Crippen LogP contribution in [0.2, 0.25) is 5.02 Å². The number of aryl methyl sites for hydroxylation is 1. The van der Waals surface area contributed by atoms with E-state index in [1.165, 1.54) is 0 Å². The van der Waals surface area contributed by atoms with Gasteiger partial charge in [0.05, 0.1) is 16.9 Å². The van der Waals surface area contributed by atoms with Crippen LogP contribution in [0.25, 0.3) is 5.69 Å². The molecular formula is C21H14ClN5O2. The number of amides is 1. The maximum Gasteiger partial charge on any atom is 0.245 e. The molecule has 3 heterocycles. The maximum absolute atomic E-state index is 13.4. The summed E-state index contributed by atoms with van der Waals surface area (Å²) in [5.41, 5.74) is 7.80. The zero-order valence-corrected chi connectivity index (χ0v) is 16.0. The van der Waals surface area contributed by atoms with E-state index in [0.29, 0.717) is 39.1 Å². The number of ether oxygens (including phenoxy) is 1. The highest BCUT2D eigenvalue weighted by Gasteiger charge is 2.58. The summed E-state index contributed by atoms with van der Waals surface area (Å²) in [6.07, 6.45) is 0. The number of nitriles is 1. The van der Waals surface area contributed by atoms with Crippen molar-refractivity contribution in [1.82, 2.24) is 9.78 Å². The van der Waals surface area contributed by atoms with E-state index in [2.05, 4.69) is 16.5 Å². The Balaban J connectivity index is 1.87. The van der Waals surface area contributed by atoms with Crippen molar-refractivity contribution in [2.75, 3.05) is 5.32 Å². The molecule has 1 unspecified atom stereocenters. The van der Waals surface area contributed by atoms with Crippen molar-refractivity contribution >= 4 is 23.2 Å². The zero-order valence-electron chi connectivity index (χ0n) is 15.2. The first-order valence-corrected chi connectivity index (χ1v) is 9.21. The number of anilines is 1. The second-order valence-electron chi connectivity index (χ2n) is 6.86. The normalized spacial score (nSPS) is 19.4. The summed E-state index contributed by atoms with van der Waals surface area (Å²) in [5, 5.41) is 18.0. The van der Waals surface area contributed by atoms with Gasteiger partial charge in [-0.2, -0.15) is 10.4 Å². The Morgan fingerprint density at radius 3 is 2.69 bits per heavy atom. The summed E-state index contributed by atoms with van der Waals surface area (Å²) in [7, 11) is 0.